The second-order valence-electron chi connectivity index (χ2n) is 6.45. The van der Waals surface area contributed by atoms with Gasteiger partial charge in [0.2, 0.25) is 0 Å². The molecule has 0 radical (unpaired) electrons. The van der Waals surface area contributed by atoms with Crippen LogP contribution in [0.15, 0.2) is 36.5 Å². The normalized spacial score (nSPS) is 16.3. The van der Waals surface area contributed by atoms with Crippen LogP contribution in [0.4, 0.5) is 4.79 Å². The zero-order chi connectivity index (χ0) is 18.7. The maximum absolute atomic E-state index is 12.7. The van der Waals surface area contributed by atoms with Crippen LogP contribution in [0, 0.1) is 5.92 Å². The molecule has 2 N–H and O–H groups in total. The first-order valence-corrected chi connectivity index (χ1v) is 8.85. The number of aromatic nitrogens is 2. The number of carbonyl (C=O) groups is 2. The van der Waals surface area contributed by atoms with Crippen molar-refractivity contribution in [1.29, 1.82) is 0 Å². The molecule has 1 saturated heterocycles. The predicted octanol–water partition coefficient (Wildman–Crippen LogP) is 2.67. The lowest BCUT2D eigenvalue weighted by Gasteiger charge is -2.31. The summed E-state index contributed by atoms with van der Waals surface area (Å²) in [6.07, 6.45) is 2.76. The molecule has 1 aromatic carbocycles. The number of nitrogens with one attached hydrogen (secondary N) is 1. The van der Waals surface area contributed by atoms with Gasteiger partial charge in [0, 0.05) is 31.4 Å². The van der Waals surface area contributed by atoms with Crippen molar-refractivity contribution in [2.24, 2.45) is 13.0 Å². The Labute approximate surface area is 156 Å². The summed E-state index contributed by atoms with van der Waals surface area (Å²) in [6.45, 7) is 0.858. The monoisotopic (exact) mass is 376 g/mol. The number of aliphatic carboxylic acids is 1. The van der Waals surface area contributed by atoms with Crippen LogP contribution in [-0.2, 0) is 11.8 Å². The van der Waals surface area contributed by atoms with E-state index in [9.17, 15) is 9.59 Å². The third kappa shape index (κ3) is 4.16. The van der Waals surface area contributed by atoms with E-state index in [1.54, 1.807) is 21.7 Å². The fourth-order valence-corrected chi connectivity index (χ4v) is 3.24. The average Bonchev–Trinajstić information content (AvgIpc) is 3.06. The molecule has 0 bridgehead atoms. The molecule has 1 fully saturated rings. The smallest absolute Gasteiger partial charge is 0.318 e. The summed E-state index contributed by atoms with van der Waals surface area (Å²) in [7, 11) is 1.82. The molecular formula is C18H21ClN4O3. The first-order chi connectivity index (χ1) is 12.4. The molecule has 26 heavy (non-hydrogen) atoms. The molecule has 1 unspecified atom stereocenters. The van der Waals surface area contributed by atoms with Crippen LogP contribution in [0.25, 0.3) is 0 Å². The molecule has 1 aromatic heterocycles. The maximum Gasteiger partial charge on any atom is 0.318 e. The van der Waals surface area contributed by atoms with Crippen molar-refractivity contribution in [1.82, 2.24) is 20.0 Å². The van der Waals surface area contributed by atoms with Gasteiger partial charge in [0.1, 0.15) is 6.04 Å². The van der Waals surface area contributed by atoms with E-state index in [2.05, 4.69) is 10.4 Å². The van der Waals surface area contributed by atoms with Crippen LogP contribution < -0.4 is 5.32 Å². The number of rotatable bonds is 4. The average molecular weight is 377 g/mol. The van der Waals surface area contributed by atoms with Gasteiger partial charge in [-0.15, -0.1) is 0 Å². The Morgan fingerprint density at radius 1 is 1.23 bits per heavy atom. The van der Waals surface area contributed by atoms with Crippen molar-refractivity contribution in [2.45, 2.75) is 18.9 Å². The van der Waals surface area contributed by atoms with Crippen LogP contribution >= 0.6 is 11.6 Å². The summed E-state index contributed by atoms with van der Waals surface area (Å²) in [6, 6.07) is 8.50. The standard InChI is InChI=1S/C18H21ClN4O3/c1-22-9-8-15(21-22)16(12-2-4-14(19)5-3-12)20-18(26)23-10-6-13(7-11-23)17(24)25/h2-5,8-9,13,16H,6-7,10-11H2,1H3,(H,20,26)(H,24,25). The third-order valence-electron chi connectivity index (χ3n) is 4.63. The predicted molar refractivity (Wildman–Crippen MR) is 97.0 cm³/mol. The number of aryl methyl sites for hydroxylation is 1. The molecule has 3 rings (SSSR count). The molecule has 1 aliphatic heterocycles. The molecule has 2 amide bonds. The molecule has 2 aromatic rings. The van der Waals surface area contributed by atoms with E-state index in [1.165, 1.54) is 0 Å². The lowest BCUT2D eigenvalue weighted by atomic mass is 9.97. The first-order valence-electron chi connectivity index (χ1n) is 8.47. The third-order valence-corrected chi connectivity index (χ3v) is 4.88. The van der Waals surface area contributed by atoms with Crippen LogP contribution in [0.3, 0.4) is 0 Å². The molecule has 138 valence electrons. The number of amides is 2. The van der Waals surface area contributed by atoms with Gasteiger partial charge >= 0.3 is 12.0 Å². The highest BCUT2D eigenvalue weighted by Crippen LogP contribution is 2.24. The number of piperidine rings is 1. The van der Waals surface area contributed by atoms with Crippen molar-refractivity contribution in [3.8, 4) is 0 Å². The van der Waals surface area contributed by atoms with E-state index in [0.717, 1.165) is 11.3 Å². The number of hydrogen-bond acceptors (Lipinski definition) is 3. The molecule has 8 heteroatoms. The number of carboxylic acid groups (broad SMARTS) is 1. The maximum atomic E-state index is 12.7. The van der Waals surface area contributed by atoms with Crippen LogP contribution in [-0.4, -0.2) is 44.9 Å². The lowest BCUT2D eigenvalue weighted by molar-refractivity contribution is -0.143. The Balaban J connectivity index is 1.74. The van der Waals surface area contributed by atoms with E-state index >= 15 is 0 Å². The Morgan fingerprint density at radius 2 is 1.88 bits per heavy atom. The van der Waals surface area contributed by atoms with Crippen LogP contribution in [0.5, 0.6) is 0 Å². The van der Waals surface area contributed by atoms with E-state index in [-0.39, 0.29) is 11.9 Å². The van der Waals surface area contributed by atoms with E-state index < -0.39 is 12.0 Å². The molecule has 1 aliphatic rings. The second-order valence-corrected chi connectivity index (χ2v) is 6.88. The fraction of sp³-hybridized carbons (Fsp3) is 0.389. The van der Waals surface area contributed by atoms with Gasteiger partial charge in [0.15, 0.2) is 0 Å². The summed E-state index contributed by atoms with van der Waals surface area (Å²) < 4.78 is 1.68. The van der Waals surface area contributed by atoms with E-state index in [4.69, 9.17) is 16.7 Å². The van der Waals surface area contributed by atoms with Crippen molar-refractivity contribution in [3.05, 3.63) is 52.8 Å². The number of likely N-dealkylation sites (tertiary alicyclic amines) is 1. The zero-order valence-electron chi connectivity index (χ0n) is 14.4. The minimum Gasteiger partial charge on any atom is -0.481 e. The number of urea groups is 1. The number of halogens is 1. The topological polar surface area (TPSA) is 87.5 Å². The quantitative estimate of drug-likeness (QED) is 0.858. The van der Waals surface area contributed by atoms with E-state index in [1.807, 2.05) is 31.4 Å². The van der Waals surface area contributed by atoms with Gasteiger partial charge in [-0.05, 0) is 36.6 Å². The highest BCUT2D eigenvalue weighted by molar-refractivity contribution is 6.30. The summed E-state index contributed by atoms with van der Waals surface area (Å²) in [4.78, 5) is 25.4. The lowest BCUT2D eigenvalue weighted by Crippen LogP contribution is -2.46. The molecule has 0 saturated carbocycles. The Bertz CT molecular complexity index is 782. The van der Waals surface area contributed by atoms with Gasteiger partial charge < -0.3 is 15.3 Å². The molecule has 7 nitrogen and oxygen atoms in total. The number of carboxylic acids is 1. The number of carbonyl (C=O) groups excluding carboxylic acids is 1. The van der Waals surface area contributed by atoms with Crippen molar-refractivity contribution < 1.29 is 14.7 Å². The highest BCUT2D eigenvalue weighted by Gasteiger charge is 2.29. The molecule has 0 spiro atoms. The summed E-state index contributed by atoms with van der Waals surface area (Å²) in [5.74, 6) is -1.17. The van der Waals surface area contributed by atoms with Gasteiger partial charge in [-0.25, -0.2) is 4.79 Å². The summed E-state index contributed by atoms with van der Waals surface area (Å²) >= 11 is 5.97. The Kier molecular flexibility index (Phi) is 5.46. The Morgan fingerprint density at radius 3 is 2.42 bits per heavy atom. The van der Waals surface area contributed by atoms with Crippen molar-refractivity contribution in [3.63, 3.8) is 0 Å². The van der Waals surface area contributed by atoms with Gasteiger partial charge in [0.25, 0.3) is 0 Å². The van der Waals surface area contributed by atoms with Gasteiger partial charge in [-0.1, -0.05) is 23.7 Å². The highest BCUT2D eigenvalue weighted by atomic mass is 35.5. The Hall–Kier alpha value is -2.54. The fourth-order valence-electron chi connectivity index (χ4n) is 3.11. The van der Waals surface area contributed by atoms with Crippen molar-refractivity contribution in [2.75, 3.05) is 13.1 Å². The number of benzene rings is 1. The molecule has 1 atom stereocenters. The van der Waals surface area contributed by atoms with E-state index in [0.29, 0.717) is 31.0 Å². The van der Waals surface area contributed by atoms with Crippen molar-refractivity contribution >= 4 is 23.6 Å². The van der Waals surface area contributed by atoms with Crippen LogP contribution in [0.2, 0.25) is 5.02 Å². The largest absolute Gasteiger partial charge is 0.481 e. The van der Waals surface area contributed by atoms with Crippen LogP contribution in [0.1, 0.15) is 30.1 Å². The zero-order valence-corrected chi connectivity index (χ0v) is 15.2. The molecular weight excluding hydrogens is 356 g/mol. The summed E-state index contributed by atoms with van der Waals surface area (Å²) in [5, 5.41) is 17.1. The first kappa shape index (κ1) is 18.3. The molecule has 0 aliphatic carbocycles. The molecule has 2 heterocycles. The summed E-state index contributed by atoms with van der Waals surface area (Å²) in [5.41, 5.74) is 1.60. The van der Waals surface area contributed by atoms with Gasteiger partial charge in [-0.2, -0.15) is 5.10 Å². The van der Waals surface area contributed by atoms with Gasteiger partial charge in [0.05, 0.1) is 11.6 Å². The second kappa shape index (κ2) is 7.78. The SMILES string of the molecule is Cn1ccc(C(NC(=O)N2CCC(C(=O)O)CC2)c2ccc(Cl)cc2)n1. The minimum atomic E-state index is -0.794. The number of nitrogens with zero attached hydrogens (tertiary/aromatic N) is 3. The minimum absolute atomic E-state index is 0.223. The number of hydrogen-bond donors (Lipinski definition) is 2. The van der Waals surface area contributed by atoms with Gasteiger partial charge in [-0.3, -0.25) is 9.48 Å².